The van der Waals surface area contributed by atoms with Crippen molar-refractivity contribution >= 4 is 12.0 Å². The molecule has 2 N–H and O–H groups in total. The molecule has 5 heteroatoms. The molecule has 5 nitrogen and oxygen atoms in total. The molecule has 1 aliphatic heterocycles. The molecule has 1 saturated heterocycles. The van der Waals surface area contributed by atoms with E-state index in [0.717, 1.165) is 32.1 Å². The summed E-state index contributed by atoms with van der Waals surface area (Å²) in [6.07, 6.45) is 7.02. The van der Waals surface area contributed by atoms with E-state index < -0.39 is 12.0 Å². The third-order valence-corrected chi connectivity index (χ3v) is 4.51. The first-order chi connectivity index (χ1) is 8.66. The minimum Gasteiger partial charge on any atom is -0.480 e. The molecule has 3 atom stereocenters. The van der Waals surface area contributed by atoms with E-state index in [1.165, 1.54) is 6.42 Å². The summed E-state index contributed by atoms with van der Waals surface area (Å²) in [6, 6.07) is -0.329. The zero-order chi connectivity index (χ0) is 12.7. The molecule has 2 aliphatic carbocycles. The molecule has 0 spiro atoms. The van der Waals surface area contributed by atoms with E-state index in [0.29, 0.717) is 12.3 Å². The third kappa shape index (κ3) is 2.06. The van der Waals surface area contributed by atoms with Crippen molar-refractivity contribution in [1.29, 1.82) is 0 Å². The van der Waals surface area contributed by atoms with Crippen LogP contribution in [0, 0.1) is 5.92 Å². The minimum atomic E-state index is -0.852. The van der Waals surface area contributed by atoms with Gasteiger partial charge in [-0.3, -0.25) is 0 Å². The molecule has 3 unspecified atom stereocenters. The molecule has 2 saturated carbocycles. The van der Waals surface area contributed by atoms with Crippen LogP contribution in [-0.4, -0.2) is 40.1 Å². The van der Waals surface area contributed by atoms with Crippen LogP contribution in [0.25, 0.3) is 0 Å². The van der Waals surface area contributed by atoms with E-state index in [4.69, 9.17) is 0 Å². The summed E-state index contributed by atoms with van der Waals surface area (Å²) in [5.74, 6) is -0.458. The van der Waals surface area contributed by atoms with Crippen molar-refractivity contribution in [3.63, 3.8) is 0 Å². The van der Waals surface area contributed by atoms with E-state index in [-0.39, 0.29) is 18.1 Å². The summed E-state index contributed by atoms with van der Waals surface area (Å²) in [6.45, 7) is 0. The SMILES string of the molecule is O=C(O)C1CC2CCCCC2N1C(=O)NC1CC1. The molecule has 0 aromatic rings. The zero-order valence-electron chi connectivity index (χ0n) is 10.5. The first kappa shape index (κ1) is 11.8. The number of rotatable bonds is 2. The molecule has 0 aromatic heterocycles. The number of carboxylic acid groups (broad SMARTS) is 1. The predicted molar refractivity (Wildman–Crippen MR) is 65.2 cm³/mol. The lowest BCUT2D eigenvalue weighted by molar-refractivity contribution is -0.141. The highest BCUT2D eigenvalue weighted by Gasteiger charge is 2.48. The molecule has 3 rings (SSSR count). The van der Waals surface area contributed by atoms with Crippen molar-refractivity contribution in [2.45, 2.75) is 63.1 Å². The number of nitrogens with zero attached hydrogens (tertiary/aromatic N) is 1. The number of fused-ring (bicyclic) bond motifs is 1. The van der Waals surface area contributed by atoms with Gasteiger partial charge in [-0.25, -0.2) is 9.59 Å². The fourth-order valence-electron chi connectivity index (χ4n) is 3.45. The van der Waals surface area contributed by atoms with Crippen molar-refractivity contribution < 1.29 is 14.7 Å². The van der Waals surface area contributed by atoms with Gasteiger partial charge in [0.2, 0.25) is 0 Å². The van der Waals surface area contributed by atoms with Crippen LogP contribution in [0.2, 0.25) is 0 Å². The van der Waals surface area contributed by atoms with Gasteiger partial charge in [-0.05, 0) is 38.0 Å². The highest BCUT2D eigenvalue weighted by atomic mass is 16.4. The van der Waals surface area contributed by atoms with Crippen molar-refractivity contribution in [3.8, 4) is 0 Å². The summed E-state index contributed by atoms with van der Waals surface area (Å²) in [7, 11) is 0. The number of hydrogen-bond acceptors (Lipinski definition) is 2. The van der Waals surface area contributed by atoms with Gasteiger partial charge in [0.15, 0.2) is 0 Å². The standard InChI is InChI=1S/C13H20N2O3/c16-12(17)11-7-8-3-1-2-4-10(8)15(11)13(18)14-9-5-6-9/h8-11H,1-7H2,(H,14,18)(H,16,17). The van der Waals surface area contributed by atoms with E-state index in [1.807, 2.05) is 0 Å². The molecular weight excluding hydrogens is 232 g/mol. The second-order valence-electron chi connectivity index (χ2n) is 5.83. The van der Waals surface area contributed by atoms with Crippen LogP contribution in [-0.2, 0) is 4.79 Å². The van der Waals surface area contributed by atoms with Crippen LogP contribution in [0.5, 0.6) is 0 Å². The van der Waals surface area contributed by atoms with E-state index in [2.05, 4.69) is 5.32 Å². The van der Waals surface area contributed by atoms with Gasteiger partial charge in [0, 0.05) is 12.1 Å². The molecule has 1 heterocycles. The van der Waals surface area contributed by atoms with Gasteiger partial charge >= 0.3 is 12.0 Å². The summed E-state index contributed by atoms with van der Waals surface area (Å²) in [4.78, 5) is 25.2. The van der Waals surface area contributed by atoms with E-state index >= 15 is 0 Å². The monoisotopic (exact) mass is 252 g/mol. The van der Waals surface area contributed by atoms with Crippen LogP contribution in [0.4, 0.5) is 4.79 Å². The van der Waals surface area contributed by atoms with Crippen molar-refractivity contribution in [1.82, 2.24) is 10.2 Å². The number of likely N-dealkylation sites (tertiary alicyclic amines) is 1. The molecule has 0 radical (unpaired) electrons. The fraction of sp³-hybridized carbons (Fsp3) is 0.846. The molecule has 18 heavy (non-hydrogen) atoms. The second kappa shape index (κ2) is 4.44. The lowest BCUT2D eigenvalue weighted by Crippen LogP contribution is -2.51. The highest BCUT2D eigenvalue weighted by Crippen LogP contribution is 2.40. The maximum absolute atomic E-state index is 12.2. The molecular formula is C13H20N2O3. The topological polar surface area (TPSA) is 69.6 Å². The Hall–Kier alpha value is -1.26. The lowest BCUT2D eigenvalue weighted by atomic mass is 9.85. The van der Waals surface area contributed by atoms with Gasteiger partial charge < -0.3 is 15.3 Å². The average Bonchev–Trinajstić information content (AvgIpc) is 3.06. The van der Waals surface area contributed by atoms with Crippen molar-refractivity contribution in [3.05, 3.63) is 0 Å². The number of hydrogen-bond donors (Lipinski definition) is 2. The van der Waals surface area contributed by atoms with E-state index in [9.17, 15) is 14.7 Å². The normalized spacial score (nSPS) is 35.1. The summed E-state index contributed by atoms with van der Waals surface area (Å²) in [5.41, 5.74) is 0. The Morgan fingerprint density at radius 3 is 2.50 bits per heavy atom. The molecule has 2 amide bonds. The Labute approximate surface area is 107 Å². The van der Waals surface area contributed by atoms with Gasteiger partial charge in [-0.15, -0.1) is 0 Å². The summed E-state index contributed by atoms with van der Waals surface area (Å²) < 4.78 is 0. The van der Waals surface area contributed by atoms with Crippen LogP contribution in [0.15, 0.2) is 0 Å². The quantitative estimate of drug-likeness (QED) is 0.784. The zero-order valence-corrected chi connectivity index (χ0v) is 10.5. The highest BCUT2D eigenvalue weighted by molar-refractivity contribution is 5.84. The number of amides is 2. The minimum absolute atomic E-state index is 0.151. The van der Waals surface area contributed by atoms with Crippen LogP contribution >= 0.6 is 0 Å². The first-order valence-electron chi connectivity index (χ1n) is 6.98. The first-order valence-corrected chi connectivity index (χ1v) is 6.98. The Bertz CT molecular complexity index is 367. The van der Waals surface area contributed by atoms with Crippen LogP contribution < -0.4 is 5.32 Å². The Morgan fingerprint density at radius 1 is 1.11 bits per heavy atom. The van der Waals surface area contributed by atoms with Gasteiger partial charge in [0.05, 0.1) is 0 Å². The molecule has 3 aliphatic rings. The number of carbonyl (C=O) groups is 2. The van der Waals surface area contributed by atoms with Gasteiger partial charge in [0.25, 0.3) is 0 Å². The average molecular weight is 252 g/mol. The predicted octanol–water partition coefficient (Wildman–Crippen LogP) is 1.58. The van der Waals surface area contributed by atoms with Gasteiger partial charge in [0.1, 0.15) is 6.04 Å². The fourth-order valence-corrected chi connectivity index (χ4v) is 3.45. The Kier molecular flexibility index (Phi) is 2.92. The molecule has 0 bridgehead atoms. The van der Waals surface area contributed by atoms with E-state index in [1.54, 1.807) is 4.90 Å². The van der Waals surface area contributed by atoms with Gasteiger partial charge in [-0.2, -0.15) is 0 Å². The van der Waals surface area contributed by atoms with Crippen LogP contribution in [0.3, 0.4) is 0 Å². The maximum Gasteiger partial charge on any atom is 0.326 e. The third-order valence-electron chi connectivity index (χ3n) is 4.51. The summed E-state index contributed by atoms with van der Waals surface area (Å²) >= 11 is 0. The summed E-state index contributed by atoms with van der Waals surface area (Å²) in [5, 5.41) is 12.2. The smallest absolute Gasteiger partial charge is 0.326 e. The van der Waals surface area contributed by atoms with Gasteiger partial charge in [-0.1, -0.05) is 12.8 Å². The van der Waals surface area contributed by atoms with Crippen molar-refractivity contribution in [2.75, 3.05) is 0 Å². The largest absolute Gasteiger partial charge is 0.480 e. The number of nitrogens with one attached hydrogen (secondary N) is 1. The number of carboxylic acids is 1. The van der Waals surface area contributed by atoms with Crippen molar-refractivity contribution in [2.24, 2.45) is 5.92 Å². The number of urea groups is 1. The Morgan fingerprint density at radius 2 is 1.83 bits per heavy atom. The second-order valence-corrected chi connectivity index (χ2v) is 5.83. The maximum atomic E-state index is 12.2. The molecule has 3 fully saturated rings. The number of aliphatic carboxylic acids is 1. The Balaban J connectivity index is 1.76. The number of carbonyl (C=O) groups excluding carboxylic acids is 1. The van der Waals surface area contributed by atoms with Crippen LogP contribution in [0.1, 0.15) is 44.9 Å². The molecule has 100 valence electrons. The molecule has 0 aromatic carbocycles. The lowest BCUT2D eigenvalue weighted by Gasteiger charge is -2.33.